The molecule has 0 fully saturated rings. The molecule has 0 spiro atoms. The van der Waals surface area contributed by atoms with Crippen molar-refractivity contribution in [1.29, 1.82) is 0 Å². The van der Waals surface area contributed by atoms with Crippen LogP contribution in [0.4, 0.5) is 4.39 Å². The van der Waals surface area contributed by atoms with Crippen LogP contribution in [0.2, 0.25) is 5.02 Å². The van der Waals surface area contributed by atoms with E-state index in [4.69, 9.17) is 11.6 Å². The van der Waals surface area contributed by atoms with Gasteiger partial charge >= 0.3 is 0 Å². The van der Waals surface area contributed by atoms with Crippen LogP contribution in [-0.2, 0) is 0 Å². The monoisotopic (exact) mass is 340 g/mol. The number of tetrazole rings is 1. The third-order valence-corrected chi connectivity index (χ3v) is 3.81. The fourth-order valence-corrected chi connectivity index (χ4v) is 2.53. The molecule has 4 aromatic rings. The highest BCUT2D eigenvalue weighted by atomic mass is 35.5. The van der Waals surface area contributed by atoms with Gasteiger partial charge in [0.05, 0.1) is 23.1 Å². The molecule has 2 aromatic heterocycles. The van der Waals surface area contributed by atoms with E-state index in [2.05, 4.69) is 25.7 Å². The number of H-pyrrole nitrogens is 1. The molecular formula is C16H10ClFN6. The van der Waals surface area contributed by atoms with Gasteiger partial charge in [-0.05, 0) is 59.0 Å². The van der Waals surface area contributed by atoms with Gasteiger partial charge < -0.3 is 0 Å². The number of nitrogens with one attached hydrogen (secondary N) is 1. The van der Waals surface area contributed by atoms with Crippen LogP contribution in [0.15, 0.2) is 54.7 Å². The number of hydrogen-bond donors (Lipinski definition) is 1. The van der Waals surface area contributed by atoms with Crippen LogP contribution in [0.1, 0.15) is 0 Å². The minimum Gasteiger partial charge on any atom is -0.277 e. The van der Waals surface area contributed by atoms with E-state index in [1.54, 1.807) is 35.1 Å². The SMILES string of the molecule is Fc1ccc(-c2[nH]ncc2-c2nnnn2-c2ccc(Cl)cc2)cc1. The summed E-state index contributed by atoms with van der Waals surface area (Å²) in [4.78, 5) is 0. The van der Waals surface area contributed by atoms with Gasteiger partial charge in [0, 0.05) is 10.6 Å². The van der Waals surface area contributed by atoms with Crippen LogP contribution in [0.5, 0.6) is 0 Å². The van der Waals surface area contributed by atoms with E-state index < -0.39 is 0 Å². The molecular weight excluding hydrogens is 331 g/mol. The van der Waals surface area contributed by atoms with Crippen molar-refractivity contribution in [2.45, 2.75) is 0 Å². The second-order valence-corrected chi connectivity index (χ2v) is 5.49. The number of rotatable bonds is 3. The maximum Gasteiger partial charge on any atom is 0.190 e. The van der Waals surface area contributed by atoms with Crippen LogP contribution < -0.4 is 0 Å². The molecule has 1 N–H and O–H groups in total. The Morgan fingerprint density at radius 1 is 1.00 bits per heavy atom. The van der Waals surface area contributed by atoms with Crippen molar-refractivity contribution < 1.29 is 4.39 Å². The minimum absolute atomic E-state index is 0.300. The first kappa shape index (κ1) is 14.5. The predicted molar refractivity (Wildman–Crippen MR) is 87.1 cm³/mol. The minimum atomic E-state index is -0.300. The highest BCUT2D eigenvalue weighted by Crippen LogP contribution is 2.29. The first-order chi connectivity index (χ1) is 11.7. The fraction of sp³-hybridized carbons (Fsp3) is 0. The third kappa shape index (κ3) is 2.55. The summed E-state index contributed by atoms with van der Waals surface area (Å²) in [7, 11) is 0. The molecule has 0 aliphatic rings. The quantitative estimate of drug-likeness (QED) is 0.619. The maximum atomic E-state index is 13.1. The predicted octanol–water partition coefficient (Wildman–Crippen LogP) is 3.51. The van der Waals surface area contributed by atoms with Gasteiger partial charge in [-0.15, -0.1) is 5.10 Å². The second kappa shape index (κ2) is 5.86. The van der Waals surface area contributed by atoms with E-state index in [0.717, 1.165) is 11.3 Å². The number of aromatic amines is 1. The average Bonchev–Trinajstić information content (AvgIpc) is 3.25. The zero-order chi connectivity index (χ0) is 16.5. The molecule has 0 saturated carbocycles. The number of benzene rings is 2. The van der Waals surface area contributed by atoms with Crippen molar-refractivity contribution in [3.8, 4) is 28.3 Å². The molecule has 2 heterocycles. The Labute approximate surface area is 140 Å². The Hall–Kier alpha value is -3.06. The van der Waals surface area contributed by atoms with E-state index in [0.29, 0.717) is 22.1 Å². The van der Waals surface area contributed by atoms with Gasteiger partial charge in [-0.1, -0.05) is 11.6 Å². The molecule has 6 nitrogen and oxygen atoms in total. The maximum absolute atomic E-state index is 13.1. The standard InChI is InChI=1S/C16H10ClFN6/c17-11-3-7-13(8-4-11)24-16(21-22-23-24)14-9-19-20-15(14)10-1-5-12(18)6-2-10/h1-9H,(H,19,20). The van der Waals surface area contributed by atoms with Gasteiger partial charge in [-0.3, -0.25) is 5.10 Å². The number of hydrogen-bond acceptors (Lipinski definition) is 4. The molecule has 0 aliphatic heterocycles. The van der Waals surface area contributed by atoms with E-state index in [9.17, 15) is 4.39 Å². The van der Waals surface area contributed by atoms with Crippen molar-refractivity contribution in [1.82, 2.24) is 30.4 Å². The Kier molecular flexibility index (Phi) is 3.55. The lowest BCUT2D eigenvalue weighted by Gasteiger charge is -2.05. The summed E-state index contributed by atoms with van der Waals surface area (Å²) in [5, 5.41) is 19.5. The average molecular weight is 341 g/mol. The van der Waals surface area contributed by atoms with E-state index in [1.165, 1.54) is 12.1 Å². The lowest BCUT2D eigenvalue weighted by atomic mass is 10.1. The van der Waals surface area contributed by atoms with Crippen LogP contribution in [0.3, 0.4) is 0 Å². The Balaban J connectivity index is 1.82. The highest BCUT2D eigenvalue weighted by Gasteiger charge is 2.17. The summed E-state index contributed by atoms with van der Waals surface area (Å²) >= 11 is 5.92. The van der Waals surface area contributed by atoms with Crippen molar-refractivity contribution in [2.75, 3.05) is 0 Å². The lowest BCUT2D eigenvalue weighted by molar-refractivity contribution is 0.628. The topological polar surface area (TPSA) is 72.3 Å². The fourth-order valence-electron chi connectivity index (χ4n) is 2.40. The summed E-state index contributed by atoms with van der Waals surface area (Å²) in [5.41, 5.74) is 2.97. The summed E-state index contributed by atoms with van der Waals surface area (Å²) < 4.78 is 14.7. The molecule has 0 radical (unpaired) electrons. The first-order valence-electron chi connectivity index (χ1n) is 7.06. The second-order valence-electron chi connectivity index (χ2n) is 5.06. The van der Waals surface area contributed by atoms with Crippen molar-refractivity contribution >= 4 is 11.6 Å². The van der Waals surface area contributed by atoms with Gasteiger partial charge in [-0.2, -0.15) is 9.78 Å². The summed E-state index contributed by atoms with van der Waals surface area (Å²) in [6.07, 6.45) is 1.64. The van der Waals surface area contributed by atoms with E-state index in [1.807, 2.05) is 12.1 Å². The van der Waals surface area contributed by atoms with Gasteiger partial charge in [-0.25, -0.2) is 4.39 Å². The summed E-state index contributed by atoms with van der Waals surface area (Å²) in [6.45, 7) is 0. The Morgan fingerprint density at radius 3 is 2.50 bits per heavy atom. The number of halogens is 2. The van der Waals surface area contributed by atoms with Crippen molar-refractivity contribution in [3.05, 3.63) is 65.6 Å². The molecule has 4 rings (SSSR count). The van der Waals surface area contributed by atoms with Gasteiger partial charge in [0.2, 0.25) is 0 Å². The normalized spacial score (nSPS) is 10.9. The Bertz CT molecular complexity index is 893. The zero-order valence-electron chi connectivity index (χ0n) is 12.2. The highest BCUT2D eigenvalue weighted by molar-refractivity contribution is 6.30. The molecule has 0 saturated heterocycles. The Morgan fingerprint density at radius 2 is 1.75 bits per heavy atom. The van der Waals surface area contributed by atoms with Crippen LogP contribution in [0, 0.1) is 5.82 Å². The molecule has 0 amide bonds. The van der Waals surface area contributed by atoms with Gasteiger partial charge in [0.25, 0.3) is 0 Å². The van der Waals surface area contributed by atoms with Crippen molar-refractivity contribution in [2.24, 2.45) is 0 Å². The number of nitrogens with zero attached hydrogens (tertiary/aromatic N) is 5. The van der Waals surface area contributed by atoms with Gasteiger partial charge in [0.15, 0.2) is 5.82 Å². The molecule has 0 bridgehead atoms. The molecule has 0 unspecified atom stereocenters. The van der Waals surface area contributed by atoms with Crippen LogP contribution in [-0.4, -0.2) is 30.4 Å². The smallest absolute Gasteiger partial charge is 0.190 e. The molecule has 2 aromatic carbocycles. The molecule has 8 heteroatoms. The molecule has 0 aliphatic carbocycles. The summed E-state index contributed by atoms with van der Waals surface area (Å²) in [5.74, 6) is 0.219. The van der Waals surface area contributed by atoms with E-state index in [-0.39, 0.29) is 5.82 Å². The van der Waals surface area contributed by atoms with E-state index >= 15 is 0 Å². The van der Waals surface area contributed by atoms with Crippen molar-refractivity contribution in [3.63, 3.8) is 0 Å². The molecule has 118 valence electrons. The first-order valence-corrected chi connectivity index (χ1v) is 7.44. The number of aromatic nitrogens is 6. The van der Waals surface area contributed by atoms with Crippen LogP contribution >= 0.6 is 11.6 Å². The lowest BCUT2D eigenvalue weighted by Crippen LogP contribution is -1.99. The van der Waals surface area contributed by atoms with Gasteiger partial charge in [0.1, 0.15) is 5.82 Å². The zero-order valence-corrected chi connectivity index (χ0v) is 12.9. The summed E-state index contributed by atoms with van der Waals surface area (Å²) in [6, 6.07) is 13.3. The molecule has 24 heavy (non-hydrogen) atoms. The third-order valence-electron chi connectivity index (χ3n) is 3.55. The molecule has 0 atom stereocenters. The largest absolute Gasteiger partial charge is 0.277 e. The van der Waals surface area contributed by atoms with Crippen LogP contribution in [0.25, 0.3) is 28.3 Å².